The minimum atomic E-state index is -0.619. The molecule has 0 amide bonds. The van der Waals surface area contributed by atoms with Crippen LogP contribution in [0.5, 0.6) is 0 Å². The predicted molar refractivity (Wildman–Crippen MR) is 73.0 cm³/mol. The third-order valence-corrected chi connectivity index (χ3v) is 5.09. The maximum Gasteiger partial charge on any atom is 0.310 e. The van der Waals surface area contributed by atoms with Crippen molar-refractivity contribution >= 4 is 5.97 Å². The van der Waals surface area contributed by atoms with E-state index in [1.54, 1.807) is 7.11 Å². The van der Waals surface area contributed by atoms with Gasteiger partial charge in [-0.1, -0.05) is 6.42 Å². The second kappa shape index (κ2) is 5.77. The number of methoxy groups -OCH3 is 1. The SMILES string of the molecule is COCC1(CN)CCN(CC2(C(=O)O)CCC2)CC1. The van der Waals surface area contributed by atoms with Crippen LogP contribution in [0, 0.1) is 10.8 Å². The van der Waals surface area contributed by atoms with Gasteiger partial charge in [0.1, 0.15) is 0 Å². The van der Waals surface area contributed by atoms with Crippen molar-refractivity contribution in [2.45, 2.75) is 32.1 Å². The lowest BCUT2D eigenvalue weighted by atomic mass is 9.68. The van der Waals surface area contributed by atoms with E-state index in [4.69, 9.17) is 10.5 Å². The first-order valence-electron chi connectivity index (χ1n) is 7.21. The van der Waals surface area contributed by atoms with Crippen LogP contribution < -0.4 is 5.73 Å². The third kappa shape index (κ3) is 2.93. The molecule has 2 fully saturated rings. The number of nitrogens with two attached hydrogens (primary N) is 1. The van der Waals surface area contributed by atoms with Crippen molar-refractivity contribution in [3.05, 3.63) is 0 Å². The highest BCUT2D eigenvalue weighted by Gasteiger charge is 2.46. The number of aliphatic carboxylic acids is 1. The minimum absolute atomic E-state index is 0.0985. The van der Waals surface area contributed by atoms with Crippen LogP contribution in [0.3, 0.4) is 0 Å². The van der Waals surface area contributed by atoms with E-state index in [9.17, 15) is 9.90 Å². The zero-order valence-electron chi connectivity index (χ0n) is 11.9. The van der Waals surface area contributed by atoms with E-state index < -0.39 is 11.4 Å². The van der Waals surface area contributed by atoms with Gasteiger partial charge in [0.25, 0.3) is 0 Å². The molecule has 0 atom stereocenters. The smallest absolute Gasteiger partial charge is 0.310 e. The first-order valence-corrected chi connectivity index (χ1v) is 7.21. The van der Waals surface area contributed by atoms with Crippen molar-refractivity contribution in [2.75, 3.05) is 39.9 Å². The Balaban J connectivity index is 1.88. The molecule has 0 radical (unpaired) electrons. The normalized spacial score (nSPS) is 25.8. The number of carboxylic acid groups (broad SMARTS) is 1. The van der Waals surface area contributed by atoms with Gasteiger partial charge in [-0.05, 0) is 38.8 Å². The molecule has 110 valence electrons. The van der Waals surface area contributed by atoms with Gasteiger partial charge >= 0.3 is 5.97 Å². The summed E-state index contributed by atoms with van der Waals surface area (Å²) in [5.41, 5.74) is 5.52. The summed E-state index contributed by atoms with van der Waals surface area (Å²) >= 11 is 0. The number of rotatable bonds is 6. The maximum absolute atomic E-state index is 11.4. The van der Waals surface area contributed by atoms with Gasteiger partial charge in [0, 0.05) is 25.6 Å². The van der Waals surface area contributed by atoms with Gasteiger partial charge in [-0.2, -0.15) is 0 Å². The van der Waals surface area contributed by atoms with E-state index in [1.165, 1.54) is 0 Å². The molecule has 1 saturated heterocycles. The molecule has 0 aromatic rings. The van der Waals surface area contributed by atoms with Crippen molar-refractivity contribution in [1.29, 1.82) is 0 Å². The lowest BCUT2D eigenvalue weighted by Crippen LogP contribution is -2.52. The van der Waals surface area contributed by atoms with Crippen molar-refractivity contribution in [2.24, 2.45) is 16.6 Å². The molecule has 1 aliphatic carbocycles. The summed E-state index contributed by atoms with van der Waals surface area (Å²) in [4.78, 5) is 13.7. The first kappa shape index (κ1) is 14.8. The Kier molecular flexibility index (Phi) is 4.48. The lowest BCUT2D eigenvalue weighted by molar-refractivity contribution is -0.156. The predicted octanol–water partition coefficient (Wildman–Crippen LogP) is 0.929. The molecular weight excluding hydrogens is 244 g/mol. The Morgan fingerprint density at radius 3 is 2.32 bits per heavy atom. The van der Waals surface area contributed by atoms with E-state index in [1.807, 2.05) is 0 Å². The lowest BCUT2D eigenvalue weighted by Gasteiger charge is -2.46. The van der Waals surface area contributed by atoms with Crippen LogP contribution in [0.25, 0.3) is 0 Å². The van der Waals surface area contributed by atoms with Crippen LogP contribution in [-0.4, -0.2) is 55.9 Å². The zero-order valence-corrected chi connectivity index (χ0v) is 11.9. The number of hydrogen-bond donors (Lipinski definition) is 2. The molecule has 19 heavy (non-hydrogen) atoms. The van der Waals surface area contributed by atoms with Crippen LogP contribution in [0.1, 0.15) is 32.1 Å². The second-order valence-electron chi connectivity index (χ2n) is 6.35. The topological polar surface area (TPSA) is 75.8 Å². The zero-order chi connectivity index (χ0) is 13.9. The summed E-state index contributed by atoms with van der Waals surface area (Å²) < 4.78 is 5.29. The fourth-order valence-corrected chi connectivity index (χ4v) is 3.37. The van der Waals surface area contributed by atoms with Gasteiger partial charge in [0.05, 0.1) is 12.0 Å². The van der Waals surface area contributed by atoms with E-state index in [0.717, 1.165) is 45.2 Å². The van der Waals surface area contributed by atoms with Crippen LogP contribution in [0.2, 0.25) is 0 Å². The number of ether oxygens (including phenoxy) is 1. The Bertz CT molecular complexity index is 321. The Labute approximate surface area is 115 Å². The van der Waals surface area contributed by atoms with E-state index in [-0.39, 0.29) is 5.41 Å². The highest BCUT2D eigenvalue weighted by Crippen LogP contribution is 2.43. The Hall–Kier alpha value is -0.650. The second-order valence-corrected chi connectivity index (χ2v) is 6.35. The molecular formula is C14H26N2O3. The van der Waals surface area contributed by atoms with Gasteiger partial charge in [0.15, 0.2) is 0 Å². The molecule has 1 heterocycles. The molecule has 1 saturated carbocycles. The minimum Gasteiger partial charge on any atom is -0.481 e. The Morgan fingerprint density at radius 1 is 1.32 bits per heavy atom. The number of nitrogens with zero attached hydrogens (tertiary/aromatic N) is 1. The van der Waals surface area contributed by atoms with Gasteiger partial charge in [-0.3, -0.25) is 4.79 Å². The van der Waals surface area contributed by atoms with Crippen molar-refractivity contribution in [3.8, 4) is 0 Å². The molecule has 0 bridgehead atoms. The van der Waals surface area contributed by atoms with Gasteiger partial charge in [-0.25, -0.2) is 0 Å². The fraction of sp³-hybridized carbons (Fsp3) is 0.929. The summed E-state index contributed by atoms with van der Waals surface area (Å²) in [6.45, 7) is 3.95. The molecule has 1 aliphatic heterocycles. The van der Waals surface area contributed by atoms with Crippen molar-refractivity contribution in [3.63, 3.8) is 0 Å². The molecule has 0 aromatic heterocycles. The highest BCUT2D eigenvalue weighted by atomic mass is 16.5. The largest absolute Gasteiger partial charge is 0.481 e. The molecule has 5 heteroatoms. The molecule has 5 nitrogen and oxygen atoms in total. The average molecular weight is 270 g/mol. The maximum atomic E-state index is 11.4. The quantitative estimate of drug-likeness (QED) is 0.751. The highest BCUT2D eigenvalue weighted by molar-refractivity contribution is 5.76. The molecule has 3 N–H and O–H groups in total. The number of carboxylic acids is 1. The number of likely N-dealkylation sites (tertiary alicyclic amines) is 1. The van der Waals surface area contributed by atoms with Gasteiger partial charge < -0.3 is 20.5 Å². The molecule has 0 spiro atoms. The fourth-order valence-electron chi connectivity index (χ4n) is 3.37. The van der Waals surface area contributed by atoms with E-state index in [0.29, 0.717) is 19.7 Å². The molecule has 0 aromatic carbocycles. The molecule has 2 rings (SSSR count). The molecule has 0 unspecified atom stereocenters. The Morgan fingerprint density at radius 2 is 1.95 bits per heavy atom. The summed E-state index contributed by atoms with van der Waals surface area (Å²) in [6, 6.07) is 0. The van der Waals surface area contributed by atoms with Gasteiger partial charge in [0.2, 0.25) is 0 Å². The monoisotopic (exact) mass is 270 g/mol. The van der Waals surface area contributed by atoms with Crippen LogP contribution in [0.4, 0.5) is 0 Å². The van der Waals surface area contributed by atoms with E-state index in [2.05, 4.69) is 4.90 Å². The number of carbonyl (C=O) groups is 1. The summed E-state index contributed by atoms with van der Waals surface area (Å²) in [5.74, 6) is -0.619. The molecule has 2 aliphatic rings. The standard InChI is InChI=1S/C14H26N2O3/c1-19-11-13(9-15)5-7-16(8-6-13)10-14(12(17)18)3-2-4-14/h2-11,15H2,1H3,(H,17,18). The first-order chi connectivity index (χ1) is 9.06. The van der Waals surface area contributed by atoms with Crippen molar-refractivity contribution in [1.82, 2.24) is 4.90 Å². The average Bonchev–Trinajstić information content (AvgIpc) is 2.36. The number of hydrogen-bond acceptors (Lipinski definition) is 4. The van der Waals surface area contributed by atoms with Crippen LogP contribution in [-0.2, 0) is 9.53 Å². The summed E-state index contributed by atoms with van der Waals surface area (Å²) in [5, 5.41) is 9.38. The van der Waals surface area contributed by atoms with E-state index >= 15 is 0 Å². The summed E-state index contributed by atoms with van der Waals surface area (Å²) in [7, 11) is 1.72. The van der Waals surface area contributed by atoms with Crippen molar-refractivity contribution < 1.29 is 14.6 Å². The third-order valence-electron chi connectivity index (χ3n) is 5.09. The summed E-state index contributed by atoms with van der Waals surface area (Å²) in [6.07, 6.45) is 4.73. The van der Waals surface area contributed by atoms with Gasteiger partial charge in [-0.15, -0.1) is 0 Å². The number of piperidine rings is 1. The van der Waals surface area contributed by atoms with Crippen LogP contribution in [0.15, 0.2) is 0 Å². The van der Waals surface area contributed by atoms with Crippen LogP contribution >= 0.6 is 0 Å².